The van der Waals surface area contributed by atoms with Crippen LogP contribution in [0.3, 0.4) is 0 Å². The van der Waals surface area contributed by atoms with E-state index < -0.39 is 47.7 Å². The third-order valence-electron chi connectivity index (χ3n) is 9.15. The Morgan fingerprint density at radius 2 is 1.76 bits per heavy atom. The number of amides is 1. The highest BCUT2D eigenvalue weighted by Crippen LogP contribution is 2.49. The van der Waals surface area contributed by atoms with Crippen LogP contribution in [-0.2, 0) is 19.9 Å². The first kappa shape index (κ1) is 36.0. The summed E-state index contributed by atoms with van der Waals surface area (Å²) in [5, 5.41) is 7.73. The second kappa shape index (κ2) is 13.4. The fraction of sp³-hybridized carbons (Fsp3) is 0.429. The van der Waals surface area contributed by atoms with Crippen molar-refractivity contribution in [1.82, 2.24) is 29.4 Å². The van der Waals surface area contributed by atoms with Gasteiger partial charge >= 0.3 is 12.5 Å². The average molecular weight is 729 g/mol. The van der Waals surface area contributed by atoms with Gasteiger partial charge in [-0.1, -0.05) is 69.6 Å². The second-order valence-corrected chi connectivity index (χ2v) is 14.9. The highest BCUT2D eigenvalue weighted by Gasteiger charge is 2.53. The molecule has 1 aliphatic carbocycles. The first-order valence-electron chi connectivity index (χ1n) is 16.3. The molecule has 270 valence electrons. The Morgan fingerprint density at radius 3 is 2.37 bits per heavy atom. The summed E-state index contributed by atoms with van der Waals surface area (Å²) in [7, 11) is 0. The monoisotopic (exact) mass is 728 g/mol. The van der Waals surface area contributed by atoms with Gasteiger partial charge in [-0.15, -0.1) is 0 Å². The lowest BCUT2D eigenvalue weighted by Gasteiger charge is -2.35. The van der Waals surface area contributed by atoms with Crippen LogP contribution in [0, 0.1) is 10.8 Å². The minimum atomic E-state index is -2.96. The van der Waals surface area contributed by atoms with Crippen LogP contribution in [0.1, 0.15) is 89.3 Å². The summed E-state index contributed by atoms with van der Waals surface area (Å²) in [6.07, 6.45) is 2.76. The lowest BCUT2D eigenvalue weighted by molar-refractivity contribution is -0.148. The molecule has 2 N–H and O–H groups in total. The Balaban J connectivity index is 1.40. The fourth-order valence-corrected chi connectivity index (χ4v) is 6.57. The van der Waals surface area contributed by atoms with Crippen molar-refractivity contribution in [1.29, 1.82) is 0 Å². The van der Waals surface area contributed by atoms with E-state index in [1.165, 1.54) is 29.4 Å². The van der Waals surface area contributed by atoms with Gasteiger partial charge in [0.05, 0.1) is 29.4 Å². The van der Waals surface area contributed by atoms with E-state index in [4.69, 9.17) is 27.1 Å². The molecule has 4 aromatic rings. The van der Waals surface area contributed by atoms with Crippen LogP contribution in [0.4, 0.5) is 17.6 Å². The molecule has 0 radical (unpaired) electrons. The largest absolute Gasteiger partial charge is 0.463 e. The molecule has 1 fully saturated rings. The van der Waals surface area contributed by atoms with E-state index in [0.717, 1.165) is 23.9 Å². The van der Waals surface area contributed by atoms with Crippen molar-refractivity contribution < 1.29 is 31.9 Å². The summed E-state index contributed by atoms with van der Waals surface area (Å²) < 4.78 is 61.2. The molecular formula is C35H37ClF4N8O3. The summed E-state index contributed by atoms with van der Waals surface area (Å²) in [5.41, 5.74) is 6.46. The molecule has 0 spiro atoms. The molecular weight excluding hydrogens is 692 g/mol. The Hall–Kier alpha value is -4.79. The molecule has 51 heavy (non-hydrogen) atoms. The number of carbonyl (C=O) groups excluding carboxylic acids is 2. The molecule has 3 heterocycles. The van der Waals surface area contributed by atoms with E-state index in [0.29, 0.717) is 26.9 Å². The topological polar surface area (TPSA) is 134 Å². The molecule has 1 amide bonds. The Morgan fingerprint density at radius 1 is 1.06 bits per heavy atom. The highest BCUT2D eigenvalue weighted by molar-refractivity contribution is 6.32. The number of carbonyl (C=O) groups is 2. The van der Waals surface area contributed by atoms with Crippen molar-refractivity contribution in [3.63, 3.8) is 0 Å². The second-order valence-electron chi connectivity index (χ2n) is 14.5. The van der Waals surface area contributed by atoms with E-state index in [-0.39, 0.29) is 41.5 Å². The minimum absolute atomic E-state index is 0.0673. The van der Waals surface area contributed by atoms with E-state index in [2.05, 4.69) is 15.2 Å². The standard InChI is InChI=1S/C35H37ClF4N8O3/c1-33(2,3)18-35(23-8-5-20(6-9-23)22-15-43-46(16-22)31(39)40)30(50)47(32(41)45-35)26(17-51-27(49)14-34(4)11-12-34)21-7-10-24(36)25(13-21)48-29(28(37)38)42-19-44-48/h5-10,13,15-16,19,26,28,31H,11-12,14,17-18H2,1-4H3,(H2,41,45)/t26-,35-/m1/s1. The molecule has 0 unspecified atom stereocenters. The van der Waals surface area contributed by atoms with Gasteiger partial charge in [-0.25, -0.2) is 28.1 Å². The number of aliphatic imine (C=N–C) groups is 1. The van der Waals surface area contributed by atoms with Gasteiger partial charge in [0, 0.05) is 11.8 Å². The average Bonchev–Trinajstić information content (AvgIpc) is 3.43. The maximum atomic E-state index is 14.9. The van der Waals surface area contributed by atoms with Gasteiger partial charge in [-0.2, -0.15) is 19.0 Å². The van der Waals surface area contributed by atoms with Gasteiger partial charge in [0.15, 0.2) is 17.3 Å². The van der Waals surface area contributed by atoms with Gasteiger partial charge in [0.2, 0.25) is 0 Å². The van der Waals surface area contributed by atoms with Crippen molar-refractivity contribution in [3.8, 4) is 16.8 Å². The van der Waals surface area contributed by atoms with Crippen LogP contribution < -0.4 is 5.73 Å². The minimum Gasteiger partial charge on any atom is -0.463 e. The lowest BCUT2D eigenvalue weighted by Crippen LogP contribution is -2.47. The molecule has 1 saturated carbocycles. The van der Waals surface area contributed by atoms with Crippen molar-refractivity contribution in [2.24, 2.45) is 21.6 Å². The van der Waals surface area contributed by atoms with Gasteiger partial charge < -0.3 is 10.5 Å². The number of ether oxygens (including phenoxy) is 1. The molecule has 2 atom stereocenters. The number of halogens is 5. The quantitative estimate of drug-likeness (QED) is 0.119. The fourth-order valence-electron chi connectivity index (χ4n) is 6.37. The van der Waals surface area contributed by atoms with Gasteiger partial charge in [0.1, 0.15) is 12.9 Å². The molecule has 11 nitrogen and oxygen atoms in total. The van der Waals surface area contributed by atoms with E-state index in [1.54, 1.807) is 30.3 Å². The molecule has 16 heteroatoms. The lowest BCUT2D eigenvalue weighted by atomic mass is 9.75. The molecule has 2 aromatic carbocycles. The maximum absolute atomic E-state index is 14.9. The molecule has 0 bridgehead atoms. The number of hydrogen-bond acceptors (Lipinski definition) is 8. The van der Waals surface area contributed by atoms with Crippen molar-refractivity contribution in [3.05, 3.63) is 83.2 Å². The summed E-state index contributed by atoms with van der Waals surface area (Å²) in [5.74, 6) is -1.75. The number of nitrogens with zero attached hydrogens (tertiary/aromatic N) is 7. The number of esters is 1. The zero-order valence-corrected chi connectivity index (χ0v) is 29.1. The smallest absolute Gasteiger partial charge is 0.333 e. The van der Waals surface area contributed by atoms with Crippen LogP contribution in [0.5, 0.6) is 0 Å². The first-order chi connectivity index (χ1) is 24.0. The van der Waals surface area contributed by atoms with Crippen LogP contribution in [0.15, 0.2) is 66.2 Å². The van der Waals surface area contributed by atoms with Crippen molar-refractivity contribution >= 4 is 29.4 Å². The van der Waals surface area contributed by atoms with Crippen LogP contribution in [-0.4, -0.2) is 53.9 Å². The normalized spacial score (nSPS) is 19.2. The Bertz CT molecular complexity index is 1970. The zero-order chi connectivity index (χ0) is 36.9. The van der Waals surface area contributed by atoms with Gasteiger partial charge in [-0.3, -0.25) is 14.5 Å². The summed E-state index contributed by atoms with van der Waals surface area (Å²) >= 11 is 6.47. The number of hydrogen-bond donors (Lipinski definition) is 1. The predicted molar refractivity (Wildman–Crippen MR) is 180 cm³/mol. The number of rotatable bonds is 12. The van der Waals surface area contributed by atoms with E-state index >= 15 is 0 Å². The van der Waals surface area contributed by atoms with E-state index in [1.807, 2.05) is 27.7 Å². The number of benzene rings is 2. The molecule has 6 rings (SSSR count). The number of alkyl halides is 4. The molecule has 2 aliphatic rings. The van der Waals surface area contributed by atoms with Gasteiger partial charge in [0.25, 0.3) is 12.3 Å². The summed E-state index contributed by atoms with van der Waals surface area (Å²) in [6, 6.07) is 10.3. The van der Waals surface area contributed by atoms with Gasteiger partial charge in [-0.05, 0) is 58.9 Å². The van der Waals surface area contributed by atoms with E-state index in [9.17, 15) is 27.2 Å². The number of guanidine groups is 1. The first-order valence-corrected chi connectivity index (χ1v) is 16.6. The maximum Gasteiger partial charge on any atom is 0.333 e. The Kier molecular flexibility index (Phi) is 9.46. The van der Waals surface area contributed by atoms with Crippen molar-refractivity contribution in [2.75, 3.05) is 6.61 Å². The van der Waals surface area contributed by atoms with Crippen LogP contribution in [0.2, 0.25) is 5.02 Å². The zero-order valence-electron chi connectivity index (χ0n) is 28.4. The number of aromatic nitrogens is 5. The van der Waals surface area contributed by atoms with Crippen molar-refractivity contribution in [2.45, 2.75) is 77.9 Å². The third kappa shape index (κ3) is 7.34. The number of nitrogens with two attached hydrogens (primary N) is 1. The Labute approximate surface area is 296 Å². The molecule has 1 aliphatic heterocycles. The molecule has 0 saturated heterocycles. The summed E-state index contributed by atoms with van der Waals surface area (Å²) in [4.78, 5) is 37.6. The summed E-state index contributed by atoms with van der Waals surface area (Å²) in [6.45, 7) is 4.72. The molecule has 2 aromatic heterocycles. The van der Waals surface area contributed by atoms with Crippen LogP contribution >= 0.6 is 11.6 Å². The van der Waals surface area contributed by atoms with Crippen LogP contribution in [0.25, 0.3) is 16.8 Å². The third-order valence-corrected chi connectivity index (χ3v) is 9.47. The SMILES string of the molecule is CC(C)(C)C[C@]1(c2ccc(-c3cnn(C(F)F)c3)cc2)N=C(N)N([C@H](COC(=O)CC2(C)CC2)c2ccc(Cl)c(-n3ncnc3C(F)F)c2)C1=O. The highest BCUT2D eigenvalue weighted by atomic mass is 35.5. The predicted octanol–water partition coefficient (Wildman–Crippen LogP) is 7.38.